The van der Waals surface area contributed by atoms with Crippen molar-refractivity contribution in [3.05, 3.63) is 66.2 Å². The second kappa shape index (κ2) is 6.56. The normalized spacial score (nSPS) is 10.9. The summed E-state index contributed by atoms with van der Waals surface area (Å²) in [7, 11) is 0. The van der Waals surface area contributed by atoms with Gasteiger partial charge in [-0.1, -0.05) is 52.8 Å². The fourth-order valence-electron chi connectivity index (χ4n) is 2.41. The molecule has 0 unspecified atom stereocenters. The van der Waals surface area contributed by atoms with Crippen LogP contribution in [-0.2, 0) is 22.6 Å². The quantitative estimate of drug-likeness (QED) is 0.517. The largest absolute Gasteiger partial charge is 0.455 e. The van der Waals surface area contributed by atoms with E-state index in [4.69, 9.17) is 13.8 Å². The summed E-state index contributed by atoms with van der Waals surface area (Å²) >= 11 is 0. The van der Waals surface area contributed by atoms with Gasteiger partial charge in [-0.2, -0.15) is 4.98 Å². The van der Waals surface area contributed by atoms with Crippen molar-refractivity contribution >= 4 is 16.9 Å². The second-order valence-electron chi connectivity index (χ2n) is 5.34. The van der Waals surface area contributed by atoms with Crippen LogP contribution < -0.4 is 0 Å². The fourth-order valence-corrected chi connectivity index (χ4v) is 2.41. The number of carbonyl (C=O) groups is 1. The highest BCUT2D eigenvalue weighted by atomic mass is 16.6. The first kappa shape index (κ1) is 15.1. The van der Waals surface area contributed by atoms with E-state index in [9.17, 15) is 4.79 Å². The molecule has 2 aromatic carbocycles. The number of nitrogens with zero attached hydrogens (tertiary/aromatic N) is 3. The van der Waals surface area contributed by atoms with Gasteiger partial charge < -0.3 is 13.8 Å². The van der Waals surface area contributed by atoms with Crippen molar-refractivity contribution in [1.82, 2.24) is 15.3 Å². The number of para-hydroxylation sites is 1. The molecule has 7 nitrogen and oxygen atoms in total. The Balaban J connectivity index is 1.38. The van der Waals surface area contributed by atoms with E-state index in [-0.39, 0.29) is 18.9 Å². The molecule has 0 spiro atoms. The lowest BCUT2D eigenvalue weighted by molar-refractivity contribution is -0.145. The molecular formula is C18H13N3O4. The molecule has 0 atom stereocenters. The first-order valence-corrected chi connectivity index (χ1v) is 7.66. The SMILES string of the molecule is O=C(Cc1noc2ccccc12)OCc1nc(-c2ccccc2)no1. The van der Waals surface area contributed by atoms with Crippen LogP contribution in [0, 0.1) is 0 Å². The smallest absolute Gasteiger partial charge is 0.312 e. The molecule has 7 heteroatoms. The van der Waals surface area contributed by atoms with E-state index in [1.807, 2.05) is 48.5 Å². The van der Waals surface area contributed by atoms with Crippen LogP contribution >= 0.6 is 0 Å². The zero-order valence-electron chi connectivity index (χ0n) is 13.1. The zero-order valence-corrected chi connectivity index (χ0v) is 13.1. The summed E-state index contributed by atoms with van der Waals surface area (Å²) in [6.07, 6.45) is 0.0106. The van der Waals surface area contributed by atoms with Crippen molar-refractivity contribution in [1.29, 1.82) is 0 Å². The summed E-state index contributed by atoms with van der Waals surface area (Å²) in [5.41, 5.74) is 2.00. The third-order valence-electron chi connectivity index (χ3n) is 3.62. The molecule has 124 valence electrons. The van der Waals surface area contributed by atoms with Gasteiger partial charge in [0.25, 0.3) is 5.89 Å². The highest BCUT2D eigenvalue weighted by Gasteiger charge is 2.15. The Labute approximate surface area is 142 Å². The number of hydrogen-bond acceptors (Lipinski definition) is 7. The summed E-state index contributed by atoms with van der Waals surface area (Å²) in [6.45, 7) is -0.0888. The second-order valence-corrected chi connectivity index (χ2v) is 5.34. The fraction of sp³-hybridized carbons (Fsp3) is 0.111. The molecule has 0 fully saturated rings. The van der Waals surface area contributed by atoms with Gasteiger partial charge in [0.1, 0.15) is 5.69 Å². The monoisotopic (exact) mass is 335 g/mol. The Morgan fingerprint density at radius 1 is 0.960 bits per heavy atom. The van der Waals surface area contributed by atoms with Gasteiger partial charge in [0.2, 0.25) is 5.82 Å². The Bertz CT molecular complexity index is 1010. The van der Waals surface area contributed by atoms with E-state index >= 15 is 0 Å². The Morgan fingerprint density at radius 3 is 2.64 bits per heavy atom. The minimum absolute atomic E-state index is 0.0106. The molecule has 0 aliphatic heterocycles. The van der Waals surface area contributed by atoms with Gasteiger partial charge in [-0.25, -0.2) is 0 Å². The van der Waals surface area contributed by atoms with Gasteiger partial charge >= 0.3 is 5.97 Å². The number of carbonyl (C=O) groups excluding carboxylic acids is 1. The van der Waals surface area contributed by atoms with Crippen molar-refractivity contribution in [3.8, 4) is 11.4 Å². The molecule has 2 heterocycles. The van der Waals surface area contributed by atoms with Crippen LogP contribution in [0.3, 0.4) is 0 Å². The molecule has 0 bridgehead atoms. The van der Waals surface area contributed by atoms with E-state index in [1.165, 1.54) is 0 Å². The van der Waals surface area contributed by atoms with Crippen LogP contribution in [0.2, 0.25) is 0 Å². The first-order valence-electron chi connectivity index (χ1n) is 7.66. The molecule has 25 heavy (non-hydrogen) atoms. The molecular weight excluding hydrogens is 322 g/mol. The highest BCUT2D eigenvalue weighted by Crippen LogP contribution is 2.19. The minimum atomic E-state index is -0.446. The van der Waals surface area contributed by atoms with Gasteiger partial charge in [-0.05, 0) is 12.1 Å². The van der Waals surface area contributed by atoms with E-state index < -0.39 is 5.97 Å². The van der Waals surface area contributed by atoms with E-state index in [2.05, 4.69) is 15.3 Å². The van der Waals surface area contributed by atoms with Gasteiger partial charge in [-0.3, -0.25) is 4.79 Å². The Hall–Kier alpha value is -3.48. The van der Waals surface area contributed by atoms with Crippen molar-refractivity contribution < 1.29 is 18.6 Å². The molecule has 0 aliphatic carbocycles. The highest BCUT2D eigenvalue weighted by molar-refractivity contribution is 5.84. The Morgan fingerprint density at radius 2 is 1.76 bits per heavy atom. The maximum absolute atomic E-state index is 12.0. The van der Waals surface area contributed by atoms with Crippen LogP contribution in [0.25, 0.3) is 22.4 Å². The third kappa shape index (κ3) is 3.25. The van der Waals surface area contributed by atoms with Crippen molar-refractivity contribution in [2.24, 2.45) is 0 Å². The number of ether oxygens (including phenoxy) is 1. The van der Waals surface area contributed by atoms with Crippen LogP contribution in [0.5, 0.6) is 0 Å². The summed E-state index contributed by atoms with van der Waals surface area (Å²) in [5, 5.41) is 8.58. The molecule has 0 saturated carbocycles. The average Bonchev–Trinajstić information content (AvgIpc) is 3.28. The maximum atomic E-state index is 12.0. The molecule has 2 aromatic heterocycles. The molecule has 0 aliphatic rings. The molecule has 4 aromatic rings. The standard InChI is InChI=1S/C18H13N3O4/c22-17(10-14-13-8-4-5-9-15(13)24-20-14)23-11-16-19-18(21-25-16)12-6-2-1-3-7-12/h1-9H,10-11H2. The Kier molecular flexibility index (Phi) is 3.96. The summed E-state index contributed by atoms with van der Waals surface area (Å²) in [5.74, 6) is 0.241. The van der Waals surface area contributed by atoms with Crippen molar-refractivity contribution in [2.75, 3.05) is 0 Å². The first-order chi connectivity index (χ1) is 12.3. The number of hydrogen-bond donors (Lipinski definition) is 0. The summed E-state index contributed by atoms with van der Waals surface area (Å²) < 4.78 is 15.5. The molecule has 0 amide bonds. The van der Waals surface area contributed by atoms with Crippen LogP contribution in [0.1, 0.15) is 11.6 Å². The topological polar surface area (TPSA) is 91.2 Å². The number of benzene rings is 2. The average molecular weight is 335 g/mol. The van der Waals surface area contributed by atoms with Gasteiger partial charge in [0.15, 0.2) is 12.2 Å². The van der Waals surface area contributed by atoms with Crippen molar-refractivity contribution in [2.45, 2.75) is 13.0 Å². The predicted octanol–water partition coefficient (Wildman–Crippen LogP) is 3.16. The lowest BCUT2D eigenvalue weighted by atomic mass is 10.2. The van der Waals surface area contributed by atoms with E-state index in [0.29, 0.717) is 17.1 Å². The molecule has 4 rings (SSSR count). The van der Waals surface area contributed by atoms with Gasteiger partial charge in [0.05, 0.1) is 6.42 Å². The zero-order chi connectivity index (χ0) is 17.1. The van der Waals surface area contributed by atoms with Gasteiger partial charge in [0, 0.05) is 10.9 Å². The molecule has 0 N–H and O–H groups in total. The maximum Gasteiger partial charge on any atom is 0.312 e. The van der Waals surface area contributed by atoms with Gasteiger partial charge in [-0.15, -0.1) is 0 Å². The lowest BCUT2D eigenvalue weighted by Crippen LogP contribution is -2.08. The summed E-state index contributed by atoms with van der Waals surface area (Å²) in [6, 6.07) is 16.8. The van der Waals surface area contributed by atoms with Crippen molar-refractivity contribution in [3.63, 3.8) is 0 Å². The van der Waals surface area contributed by atoms with E-state index in [0.717, 1.165) is 10.9 Å². The van der Waals surface area contributed by atoms with Crippen LogP contribution in [0.15, 0.2) is 63.6 Å². The lowest BCUT2D eigenvalue weighted by Gasteiger charge is -1.99. The van der Waals surface area contributed by atoms with E-state index in [1.54, 1.807) is 6.07 Å². The van der Waals surface area contributed by atoms with Crippen LogP contribution in [-0.4, -0.2) is 21.3 Å². The van der Waals surface area contributed by atoms with Crippen LogP contribution in [0.4, 0.5) is 0 Å². The number of esters is 1. The number of fused-ring (bicyclic) bond motifs is 1. The summed E-state index contributed by atoms with van der Waals surface area (Å²) in [4.78, 5) is 16.2. The molecule has 0 saturated heterocycles. The molecule has 0 radical (unpaired) electrons. The number of aromatic nitrogens is 3. The predicted molar refractivity (Wildman–Crippen MR) is 87.2 cm³/mol. The number of rotatable bonds is 5. The minimum Gasteiger partial charge on any atom is -0.455 e. The third-order valence-corrected chi connectivity index (χ3v) is 3.62.